The second kappa shape index (κ2) is 5.70. The highest BCUT2D eigenvalue weighted by Gasteiger charge is 2.36. The summed E-state index contributed by atoms with van der Waals surface area (Å²) in [6.45, 7) is 6.07. The maximum atomic E-state index is 11.6. The number of carboxylic acids is 1. The van der Waals surface area contributed by atoms with E-state index >= 15 is 0 Å². The van der Waals surface area contributed by atoms with Gasteiger partial charge in [-0.15, -0.1) is 16.4 Å². The maximum absolute atomic E-state index is 11.6. The van der Waals surface area contributed by atoms with Gasteiger partial charge in [-0.25, -0.2) is 4.68 Å². The molecule has 2 aromatic heterocycles. The molecule has 0 radical (unpaired) electrons. The molecule has 7 heteroatoms. The summed E-state index contributed by atoms with van der Waals surface area (Å²) in [5.74, 6) is -0.165. The third-order valence-corrected chi connectivity index (χ3v) is 4.75. The fraction of sp³-hybridized carbons (Fsp3) is 0.538. The number of aryl methyl sites for hydroxylation is 1. The highest BCUT2D eigenvalue weighted by Crippen LogP contribution is 2.31. The Bertz CT molecular complexity index is 601. The minimum Gasteiger partial charge on any atom is -0.481 e. The van der Waals surface area contributed by atoms with Crippen molar-refractivity contribution in [3.8, 4) is 10.7 Å². The normalized spacial score (nSPS) is 11.8. The first-order valence-corrected chi connectivity index (χ1v) is 7.40. The summed E-state index contributed by atoms with van der Waals surface area (Å²) in [5, 5.41) is 21.2. The minimum absolute atomic E-state index is 0.286. The van der Waals surface area contributed by atoms with E-state index in [0.717, 1.165) is 4.88 Å². The highest BCUT2D eigenvalue weighted by atomic mass is 32.1. The van der Waals surface area contributed by atoms with Crippen molar-refractivity contribution < 1.29 is 9.90 Å². The number of carbonyl (C=O) groups is 1. The lowest BCUT2D eigenvalue weighted by Gasteiger charge is -2.26. The van der Waals surface area contributed by atoms with E-state index in [1.165, 1.54) is 4.88 Å². The molecule has 0 bridgehead atoms. The molecule has 0 aromatic carbocycles. The fourth-order valence-corrected chi connectivity index (χ4v) is 3.03. The molecule has 0 spiro atoms. The van der Waals surface area contributed by atoms with Crippen LogP contribution in [0.1, 0.15) is 31.6 Å². The Kier molecular flexibility index (Phi) is 4.17. The Morgan fingerprint density at radius 2 is 2.10 bits per heavy atom. The minimum atomic E-state index is -0.823. The molecule has 108 valence electrons. The number of thiophene rings is 1. The zero-order chi connectivity index (χ0) is 14.8. The van der Waals surface area contributed by atoms with E-state index in [-0.39, 0.29) is 6.54 Å². The molecule has 0 aliphatic heterocycles. The number of tetrazole rings is 1. The number of carboxylic acid groups (broad SMARTS) is 1. The van der Waals surface area contributed by atoms with Crippen LogP contribution < -0.4 is 0 Å². The summed E-state index contributed by atoms with van der Waals surface area (Å²) in [6, 6.07) is 3.96. The molecule has 0 saturated carbocycles. The van der Waals surface area contributed by atoms with Crippen LogP contribution in [0.2, 0.25) is 0 Å². The average Bonchev–Trinajstić information content (AvgIpc) is 3.04. The van der Waals surface area contributed by atoms with Gasteiger partial charge in [0, 0.05) is 4.88 Å². The zero-order valence-electron chi connectivity index (χ0n) is 11.8. The van der Waals surface area contributed by atoms with Gasteiger partial charge in [-0.1, -0.05) is 13.8 Å². The predicted octanol–water partition coefficient (Wildman–Crippen LogP) is 2.60. The van der Waals surface area contributed by atoms with Crippen LogP contribution in [-0.4, -0.2) is 31.3 Å². The molecule has 2 heterocycles. The summed E-state index contributed by atoms with van der Waals surface area (Å²) in [5.41, 5.74) is -0.823. The van der Waals surface area contributed by atoms with Gasteiger partial charge in [-0.05, 0) is 42.3 Å². The average molecular weight is 294 g/mol. The van der Waals surface area contributed by atoms with Crippen LogP contribution in [0.4, 0.5) is 0 Å². The van der Waals surface area contributed by atoms with Crippen molar-refractivity contribution in [2.75, 3.05) is 0 Å². The first-order valence-electron chi connectivity index (χ1n) is 6.58. The van der Waals surface area contributed by atoms with Gasteiger partial charge in [0.05, 0.1) is 16.8 Å². The summed E-state index contributed by atoms with van der Waals surface area (Å²) in [7, 11) is 0. The topological polar surface area (TPSA) is 80.9 Å². The molecule has 1 N–H and O–H groups in total. The van der Waals surface area contributed by atoms with Gasteiger partial charge >= 0.3 is 5.97 Å². The van der Waals surface area contributed by atoms with Gasteiger partial charge in [-0.2, -0.15) is 0 Å². The van der Waals surface area contributed by atoms with Crippen LogP contribution in [-0.2, 0) is 11.3 Å². The first-order chi connectivity index (χ1) is 9.52. The van der Waals surface area contributed by atoms with Crippen LogP contribution in [0, 0.1) is 12.3 Å². The molecule has 0 fully saturated rings. The second-order valence-corrected chi connectivity index (χ2v) is 6.15. The van der Waals surface area contributed by atoms with Crippen LogP contribution in [0.3, 0.4) is 0 Å². The Morgan fingerprint density at radius 1 is 1.40 bits per heavy atom. The first kappa shape index (κ1) is 14.6. The van der Waals surface area contributed by atoms with Crippen LogP contribution in [0.5, 0.6) is 0 Å². The maximum Gasteiger partial charge on any atom is 0.311 e. The third-order valence-electron chi connectivity index (χ3n) is 3.75. The standard InChI is InChI=1S/C13H18N4O2S/c1-4-13(5-2,12(18)19)8-17-11(14-15-16-17)10-7-6-9(3)20-10/h6-7H,4-5,8H2,1-3H3,(H,18,19). The zero-order valence-corrected chi connectivity index (χ0v) is 12.6. The van der Waals surface area contributed by atoms with Crippen molar-refractivity contribution in [3.63, 3.8) is 0 Å². The molecule has 0 amide bonds. The molecule has 6 nitrogen and oxygen atoms in total. The van der Waals surface area contributed by atoms with Gasteiger partial charge in [0.2, 0.25) is 0 Å². The summed E-state index contributed by atoms with van der Waals surface area (Å²) >= 11 is 1.60. The lowest BCUT2D eigenvalue weighted by Crippen LogP contribution is -2.35. The molecular weight excluding hydrogens is 276 g/mol. The lowest BCUT2D eigenvalue weighted by atomic mass is 9.82. The molecule has 0 unspecified atom stereocenters. The van der Waals surface area contributed by atoms with E-state index < -0.39 is 11.4 Å². The largest absolute Gasteiger partial charge is 0.481 e. The van der Waals surface area contributed by atoms with Crippen molar-refractivity contribution in [2.24, 2.45) is 5.41 Å². The lowest BCUT2D eigenvalue weighted by molar-refractivity contribution is -0.150. The van der Waals surface area contributed by atoms with E-state index in [4.69, 9.17) is 0 Å². The number of rotatable bonds is 6. The molecule has 0 saturated heterocycles. The summed E-state index contributed by atoms with van der Waals surface area (Å²) < 4.78 is 1.60. The summed E-state index contributed by atoms with van der Waals surface area (Å²) in [4.78, 5) is 13.7. The van der Waals surface area contributed by atoms with E-state index in [9.17, 15) is 9.90 Å². The van der Waals surface area contributed by atoms with Gasteiger partial charge in [0.1, 0.15) is 0 Å². The Balaban J connectivity index is 2.35. The third kappa shape index (κ3) is 2.58. The number of aliphatic carboxylic acids is 1. The predicted molar refractivity (Wildman–Crippen MR) is 76.5 cm³/mol. The highest BCUT2D eigenvalue weighted by molar-refractivity contribution is 7.15. The number of nitrogens with zero attached hydrogens (tertiary/aromatic N) is 4. The molecule has 20 heavy (non-hydrogen) atoms. The van der Waals surface area contributed by atoms with E-state index in [2.05, 4.69) is 15.5 Å². The Morgan fingerprint density at radius 3 is 2.60 bits per heavy atom. The van der Waals surface area contributed by atoms with Crippen molar-refractivity contribution >= 4 is 17.3 Å². The van der Waals surface area contributed by atoms with E-state index in [1.807, 2.05) is 32.9 Å². The van der Waals surface area contributed by atoms with Gasteiger partial charge in [-0.3, -0.25) is 4.79 Å². The molecule has 0 atom stereocenters. The molecular formula is C13H18N4O2S. The summed E-state index contributed by atoms with van der Waals surface area (Å²) in [6.07, 6.45) is 1.09. The molecule has 2 aromatic rings. The van der Waals surface area contributed by atoms with Crippen LogP contribution >= 0.6 is 11.3 Å². The van der Waals surface area contributed by atoms with Crippen molar-refractivity contribution in [1.29, 1.82) is 0 Å². The van der Waals surface area contributed by atoms with Gasteiger partial charge < -0.3 is 5.11 Å². The van der Waals surface area contributed by atoms with Crippen molar-refractivity contribution in [3.05, 3.63) is 17.0 Å². The van der Waals surface area contributed by atoms with E-state index in [0.29, 0.717) is 18.7 Å². The monoisotopic (exact) mass is 294 g/mol. The Labute approximate surface area is 121 Å². The van der Waals surface area contributed by atoms with Gasteiger partial charge in [0.15, 0.2) is 5.82 Å². The molecule has 2 rings (SSSR count). The number of aromatic nitrogens is 4. The molecule has 0 aliphatic carbocycles. The van der Waals surface area contributed by atoms with Gasteiger partial charge in [0.25, 0.3) is 0 Å². The second-order valence-electron chi connectivity index (χ2n) is 4.86. The Hall–Kier alpha value is -1.76. The number of hydrogen-bond acceptors (Lipinski definition) is 5. The van der Waals surface area contributed by atoms with E-state index in [1.54, 1.807) is 16.0 Å². The smallest absolute Gasteiger partial charge is 0.311 e. The van der Waals surface area contributed by atoms with Crippen LogP contribution in [0.25, 0.3) is 10.7 Å². The van der Waals surface area contributed by atoms with Crippen molar-refractivity contribution in [2.45, 2.75) is 40.2 Å². The quantitative estimate of drug-likeness (QED) is 0.885. The molecule has 0 aliphatic rings. The van der Waals surface area contributed by atoms with Crippen LogP contribution in [0.15, 0.2) is 12.1 Å². The fourth-order valence-electron chi connectivity index (χ4n) is 2.17. The van der Waals surface area contributed by atoms with Crippen molar-refractivity contribution in [1.82, 2.24) is 20.2 Å². The SMILES string of the molecule is CCC(CC)(Cn1nnnc1-c1ccc(C)s1)C(=O)O. The number of hydrogen-bond donors (Lipinski definition) is 1.